The summed E-state index contributed by atoms with van der Waals surface area (Å²) in [5.74, 6) is -0.0578. The van der Waals surface area contributed by atoms with E-state index in [4.69, 9.17) is 4.74 Å². The maximum absolute atomic E-state index is 12.9. The lowest BCUT2D eigenvalue weighted by Crippen LogP contribution is -2.18. The van der Waals surface area contributed by atoms with Crippen molar-refractivity contribution >= 4 is 23.4 Å². The minimum atomic E-state index is -4.49. The zero-order chi connectivity index (χ0) is 23.4. The number of hydrogen-bond acceptors (Lipinski definition) is 6. The molecule has 1 aliphatic rings. The van der Waals surface area contributed by atoms with Gasteiger partial charge in [-0.05, 0) is 43.2 Å². The van der Waals surface area contributed by atoms with Gasteiger partial charge in [0.2, 0.25) is 5.91 Å². The number of benzene rings is 2. The summed E-state index contributed by atoms with van der Waals surface area (Å²) in [5.41, 5.74) is -0.272. The fourth-order valence-corrected chi connectivity index (χ4v) is 4.26. The molecule has 0 saturated carbocycles. The first kappa shape index (κ1) is 23.1. The minimum Gasteiger partial charge on any atom is -0.507 e. The van der Waals surface area contributed by atoms with E-state index in [-0.39, 0.29) is 23.3 Å². The standard InChI is InChI=1S/C22H21F3N4O3S/c23-22(24,25)14-5-3-6-15(11-14)26-19(31)13-33-21-28-27-20(17-8-1-2-9-18(17)30)29(21)12-16-7-4-10-32-16/h1-3,5-6,8-9,11,16,30H,4,7,10,12-13H2,(H,26,31). The summed E-state index contributed by atoms with van der Waals surface area (Å²) >= 11 is 1.11. The van der Waals surface area contributed by atoms with Crippen molar-refractivity contribution in [2.24, 2.45) is 0 Å². The molecule has 1 unspecified atom stereocenters. The van der Waals surface area contributed by atoms with Gasteiger partial charge in [0.25, 0.3) is 0 Å². The van der Waals surface area contributed by atoms with E-state index in [1.54, 1.807) is 28.8 Å². The molecule has 3 aromatic rings. The Morgan fingerprint density at radius 1 is 1.21 bits per heavy atom. The molecule has 2 heterocycles. The largest absolute Gasteiger partial charge is 0.507 e. The quantitative estimate of drug-likeness (QED) is 0.484. The Bertz CT molecular complexity index is 1130. The second-order valence-corrected chi connectivity index (χ2v) is 8.43. The number of para-hydroxylation sites is 1. The predicted octanol–water partition coefficient (Wildman–Crippen LogP) is 4.58. The van der Waals surface area contributed by atoms with Gasteiger partial charge in [0.05, 0.1) is 29.5 Å². The van der Waals surface area contributed by atoms with Crippen LogP contribution in [0, 0.1) is 0 Å². The van der Waals surface area contributed by atoms with Crippen LogP contribution in [0.5, 0.6) is 5.75 Å². The molecule has 1 amide bonds. The number of nitrogens with one attached hydrogen (secondary N) is 1. The van der Waals surface area contributed by atoms with Crippen LogP contribution in [0.2, 0.25) is 0 Å². The zero-order valence-corrected chi connectivity index (χ0v) is 18.2. The molecule has 4 rings (SSSR count). The first-order valence-corrected chi connectivity index (χ1v) is 11.2. The van der Waals surface area contributed by atoms with E-state index >= 15 is 0 Å². The number of anilines is 1. The van der Waals surface area contributed by atoms with E-state index in [0.29, 0.717) is 29.7 Å². The normalized spacial score (nSPS) is 16.2. The average molecular weight is 478 g/mol. The molecule has 0 bridgehead atoms. The van der Waals surface area contributed by atoms with E-state index in [9.17, 15) is 23.1 Å². The topological polar surface area (TPSA) is 89.3 Å². The number of amides is 1. The lowest BCUT2D eigenvalue weighted by atomic mass is 10.2. The Morgan fingerprint density at radius 3 is 2.76 bits per heavy atom. The van der Waals surface area contributed by atoms with Crippen LogP contribution >= 0.6 is 11.8 Å². The number of phenols is 1. The van der Waals surface area contributed by atoms with Gasteiger partial charge in [-0.1, -0.05) is 30.0 Å². The second kappa shape index (κ2) is 9.84. The molecule has 33 heavy (non-hydrogen) atoms. The van der Waals surface area contributed by atoms with Crippen LogP contribution in [0.25, 0.3) is 11.4 Å². The van der Waals surface area contributed by atoms with Gasteiger partial charge in [-0.3, -0.25) is 9.36 Å². The number of carbonyl (C=O) groups is 1. The number of nitrogens with zero attached hydrogens (tertiary/aromatic N) is 3. The van der Waals surface area contributed by atoms with Gasteiger partial charge in [0.1, 0.15) is 5.75 Å². The monoisotopic (exact) mass is 478 g/mol. The number of rotatable bonds is 7. The van der Waals surface area contributed by atoms with Crippen molar-refractivity contribution in [3.05, 3.63) is 54.1 Å². The van der Waals surface area contributed by atoms with E-state index in [1.165, 1.54) is 12.1 Å². The van der Waals surface area contributed by atoms with Crippen LogP contribution in [0.4, 0.5) is 18.9 Å². The van der Waals surface area contributed by atoms with Crippen LogP contribution in [0.3, 0.4) is 0 Å². The van der Waals surface area contributed by atoms with Crippen molar-refractivity contribution in [1.82, 2.24) is 14.8 Å². The fraction of sp³-hybridized carbons (Fsp3) is 0.318. The minimum absolute atomic E-state index is 0.0381. The number of thioether (sulfide) groups is 1. The number of hydrogen-bond donors (Lipinski definition) is 2. The van der Waals surface area contributed by atoms with Gasteiger partial charge in [-0.25, -0.2) is 0 Å². The summed E-state index contributed by atoms with van der Waals surface area (Å²) < 4.78 is 46.2. The number of aromatic nitrogens is 3. The van der Waals surface area contributed by atoms with Gasteiger partial charge in [0.15, 0.2) is 11.0 Å². The van der Waals surface area contributed by atoms with Crippen molar-refractivity contribution in [3.8, 4) is 17.1 Å². The summed E-state index contributed by atoms with van der Waals surface area (Å²) in [6.45, 7) is 1.12. The number of aromatic hydroxyl groups is 1. The molecular formula is C22H21F3N4O3S. The number of carbonyl (C=O) groups excluding carboxylic acids is 1. The Morgan fingerprint density at radius 2 is 2.03 bits per heavy atom. The van der Waals surface area contributed by atoms with Gasteiger partial charge in [0, 0.05) is 12.3 Å². The molecule has 2 N–H and O–H groups in total. The molecule has 0 aliphatic carbocycles. The highest BCUT2D eigenvalue weighted by molar-refractivity contribution is 7.99. The molecule has 2 aromatic carbocycles. The zero-order valence-electron chi connectivity index (χ0n) is 17.4. The first-order valence-electron chi connectivity index (χ1n) is 10.2. The van der Waals surface area contributed by atoms with Gasteiger partial charge in [-0.2, -0.15) is 13.2 Å². The molecule has 0 spiro atoms. The van der Waals surface area contributed by atoms with Gasteiger partial charge < -0.3 is 15.2 Å². The molecule has 0 radical (unpaired) electrons. The number of ether oxygens (including phenoxy) is 1. The second-order valence-electron chi connectivity index (χ2n) is 7.48. The Hall–Kier alpha value is -3.05. The van der Waals surface area contributed by atoms with Crippen molar-refractivity contribution in [2.45, 2.75) is 36.8 Å². The van der Waals surface area contributed by atoms with Crippen molar-refractivity contribution < 1.29 is 27.8 Å². The van der Waals surface area contributed by atoms with Crippen LogP contribution < -0.4 is 5.32 Å². The molecule has 7 nitrogen and oxygen atoms in total. The molecular weight excluding hydrogens is 457 g/mol. The highest BCUT2D eigenvalue weighted by Crippen LogP contribution is 2.32. The smallest absolute Gasteiger partial charge is 0.416 e. The maximum Gasteiger partial charge on any atom is 0.416 e. The van der Waals surface area contributed by atoms with Crippen LogP contribution in [0.1, 0.15) is 18.4 Å². The van der Waals surface area contributed by atoms with Crippen LogP contribution in [0.15, 0.2) is 53.7 Å². The molecule has 1 atom stereocenters. The summed E-state index contributed by atoms with van der Waals surface area (Å²) in [5, 5.41) is 21.6. The van der Waals surface area contributed by atoms with E-state index in [1.807, 2.05) is 0 Å². The summed E-state index contributed by atoms with van der Waals surface area (Å²) in [6, 6.07) is 11.2. The predicted molar refractivity (Wildman–Crippen MR) is 117 cm³/mol. The lowest BCUT2D eigenvalue weighted by molar-refractivity contribution is -0.137. The number of halogens is 3. The number of phenolic OH excluding ortho intramolecular Hbond substituents is 1. The summed E-state index contributed by atoms with van der Waals surface area (Å²) in [6.07, 6.45) is -2.71. The Labute approximate surface area is 192 Å². The average Bonchev–Trinajstić information content (AvgIpc) is 3.43. The summed E-state index contributed by atoms with van der Waals surface area (Å²) in [7, 11) is 0. The third-order valence-electron chi connectivity index (χ3n) is 5.08. The molecule has 1 aliphatic heterocycles. The van der Waals surface area contributed by atoms with Gasteiger partial charge in [-0.15, -0.1) is 10.2 Å². The first-order chi connectivity index (χ1) is 15.8. The van der Waals surface area contributed by atoms with Crippen molar-refractivity contribution in [2.75, 3.05) is 17.7 Å². The fourth-order valence-electron chi connectivity index (χ4n) is 3.51. The third kappa shape index (κ3) is 5.66. The highest BCUT2D eigenvalue weighted by Gasteiger charge is 2.30. The molecule has 1 saturated heterocycles. The number of alkyl halides is 3. The van der Waals surface area contributed by atoms with Gasteiger partial charge >= 0.3 is 6.18 Å². The third-order valence-corrected chi connectivity index (χ3v) is 6.04. The lowest BCUT2D eigenvalue weighted by Gasteiger charge is -2.15. The highest BCUT2D eigenvalue weighted by atomic mass is 32.2. The summed E-state index contributed by atoms with van der Waals surface area (Å²) in [4.78, 5) is 12.4. The molecule has 1 aromatic heterocycles. The SMILES string of the molecule is O=C(CSc1nnc(-c2ccccc2O)n1CC1CCCO1)Nc1cccc(C(F)(F)F)c1. The Balaban J connectivity index is 1.49. The van der Waals surface area contributed by atoms with Crippen LogP contribution in [-0.4, -0.2) is 44.2 Å². The van der Waals surface area contributed by atoms with E-state index in [0.717, 1.165) is 36.7 Å². The molecule has 11 heteroatoms. The van der Waals surface area contributed by atoms with Crippen molar-refractivity contribution in [1.29, 1.82) is 0 Å². The van der Waals surface area contributed by atoms with E-state index < -0.39 is 17.6 Å². The van der Waals surface area contributed by atoms with Crippen molar-refractivity contribution in [3.63, 3.8) is 0 Å². The maximum atomic E-state index is 12.9. The van der Waals surface area contributed by atoms with E-state index in [2.05, 4.69) is 15.5 Å². The molecule has 1 fully saturated rings. The Kier molecular flexibility index (Phi) is 6.89. The molecule has 174 valence electrons. The van der Waals surface area contributed by atoms with Crippen LogP contribution in [-0.2, 0) is 22.3 Å².